The summed E-state index contributed by atoms with van der Waals surface area (Å²) in [4.78, 5) is 4.62. The molecule has 96 valence electrons. The number of nitrogens with one attached hydrogen (secondary N) is 1. The van der Waals surface area contributed by atoms with E-state index in [1.807, 2.05) is 36.4 Å². The first-order valence-corrected chi connectivity index (χ1v) is 6.52. The van der Waals surface area contributed by atoms with Crippen LogP contribution in [0.4, 0.5) is 0 Å². The lowest BCUT2D eigenvalue weighted by Gasteiger charge is -2.00. The number of rotatable bonds is 4. The van der Waals surface area contributed by atoms with Gasteiger partial charge in [0.1, 0.15) is 11.5 Å². The number of aromatic nitrogens is 1. The van der Waals surface area contributed by atoms with Gasteiger partial charge in [-0.25, -0.2) is 4.98 Å². The van der Waals surface area contributed by atoms with Crippen LogP contribution in [0.25, 0.3) is 22.4 Å². The minimum absolute atomic E-state index is 0.754. The van der Waals surface area contributed by atoms with Crippen molar-refractivity contribution in [3.05, 3.63) is 54.3 Å². The summed E-state index contributed by atoms with van der Waals surface area (Å²) in [6, 6.07) is 16.1. The molecule has 0 fully saturated rings. The molecule has 0 saturated heterocycles. The standard InChI is InChI=1S/C16H16N2O/c1-2-17-11-13-8-10-16(19-13)15-9-7-12-5-3-4-6-14(12)18-15/h3-10,17H,2,11H2,1H3. The van der Waals surface area contributed by atoms with Crippen molar-refractivity contribution < 1.29 is 4.42 Å². The molecule has 3 rings (SSSR count). The van der Waals surface area contributed by atoms with Crippen LogP contribution in [-0.4, -0.2) is 11.5 Å². The Morgan fingerprint density at radius 3 is 2.84 bits per heavy atom. The second-order valence-electron chi connectivity index (χ2n) is 4.44. The highest BCUT2D eigenvalue weighted by molar-refractivity contribution is 5.80. The van der Waals surface area contributed by atoms with Gasteiger partial charge < -0.3 is 9.73 Å². The van der Waals surface area contributed by atoms with E-state index in [9.17, 15) is 0 Å². The maximum Gasteiger partial charge on any atom is 0.152 e. The number of furan rings is 1. The maximum atomic E-state index is 5.80. The lowest BCUT2D eigenvalue weighted by molar-refractivity contribution is 0.497. The molecule has 0 radical (unpaired) electrons. The number of hydrogen-bond acceptors (Lipinski definition) is 3. The van der Waals surface area contributed by atoms with E-state index in [-0.39, 0.29) is 0 Å². The molecule has 0 amide bonds. The van der Waals surface area contributed by atoms with E-state index in [1.165, 1.54) is 0 Å². The average molecular weight is 252 g/mol. The van der Waals surface area contributed by atoms with Crippen molar-refractivity contribution in [1.82, 2.24) is 10.3 Å². The maximum absolute atomic E-state index is 5.80. The van der Waals surface area contributed by atoms with Gasteiger partial charge in [-0.3, -0.25) is 0 Å². The van der Waals surface area contributed by atoms with Gasteiger partial charge in [0.05, 0.1) is 12.1 Å². The van der Waals surface area contributed by atoms with Crippen molar-refractivity contribution in [2.45, 2.75) is 13.5 Å². The average Bonchev–Trinajstić information content (AvgIpc) is 2.93. The topological polar surface area (TPSA) is 38.1 Å². The van der Waals surface area contributed by atoms with E-state index in [1.54, 1.807) is 0 Å². The summed E-state index contributed by atoms with van der Waals surface area (Å²) in [6.45, 7) is 3.77. The molecule has 0 spiro atoms. The van der Waals surface area contributed by atoms with Crippen LogP contribution >= 0.6 is 0 Å². The molecule has 1 aromatic carbocycles. The fourth-order valence-electron chi connectivity index (χ4n) is 2.06. The van der Waals surface area contributed by atoms with Crippen molar-refractivity contribution in [3.8, 4) is 11.5 Å². The first-order chi connectivity index (χ1) is 9.36. The molecule has 0 aliphatic carbocycles. The zero-order chi connectivity index (χ0) is 13.1. The van der Waals surface area contributed by atoms with Gasteiger partial charge in [-0.1, -0.05) is 31.2 Å². The minimum Gasteiger partial charge on any atom is -0.458 e. The van der Waals surface area contributed by atoms with E-state index in [0.717, 1.165) is 41.2 Å². The molecule has 0 aliphatic rings. The van der Waals surface area contributed by atoms with Crippen LogP contribution in [-0.2, 0) is 6.54 Å². The number of pyridine rings is 1. The summed E-state index contributed by atoms with van der Waals surface area (Å²) in [5, 5.41) is 4.39. The molecule has 2 aromatic heterocycles. The smallest absolute Gasteiger partial charge is 0.152 e. The highest BCUT2D eigenvalue weighted by Gasteiger charge is 2.06. The predicted molar refractivity (Wildman–Crippen MR) is 76.8 cm³/mol. The van der Waals surface area contributed by atoms with Gasteiger partial charge >= 0.3 is 0 Å². The van der Waals surface area contributed by atoms with Crippen LogP contribution in [0.2, 0.25) is 0 Å². The molecule has 0 aliphatic heterocycles. The quantitative estimate of drug-likeness (QED) is 0.771. The molecule has 3 aromatic rings. The van der Waals surface area contributed by atoms with Gasteiger partial charge in [0.15, 0.2) is 5.76 Å². The van der Waals surface area contributed by atoms with Crippen molar-refractivity contribution in [2.75, 3.05) is 6.54 Å². The van der Waals surface area contributed by atoms with Gasteiger partial charge in [0.2, 0.25) is 0 Å². The first kappa shape index (κ1) is 11.9. The highest BCUT2D eigenvalue weighted by atomic mass is 16.3. The van der Waals surface area contributed by atoms with E-state index in [4.69, 9.17) is 4.42 Å². The Kier molecular flexibility index (Phi) is 3.29. The van der Waals surface area contributed by atoms with Crippen LogP contribution in [0.15, 0.2) is 52.9 Å². The van der Waals surface area contributed by atoms with Crippen LogP contribution in [0, 0.1) is 0 Å². The monoisotopic (exact) mass is 252 g/mol. The molecule has 0 unspecified atom stereocenters. The van der Waals surface area contributed by atoms with E-state index >= 15 is 0 Å². The molecule has 0 atom stereocenters. The largest absolute Gasteiger partial charge is 0.458 e. The summed E-state index contributed by atoms with van der Waals surface area (Å²) in [5.41, 5.74) is 1.87. The number of benzene rings is 1. The van der Waals surface area contributed by atoms with E-state index in [2.05, 4.69) is 29.4 Å². The number of nitrogens with zero attached hydrogens (tertiary/aromatic N) is 1. The molecular formula is C16H16N2O. The Balaban J connectivity index is 1.92. The Bertz CT molecular complexity index is 688. The van der Waals surface area contributed by atoms with Crippen molar-refractivity contribution in [2.24, 2.45) is 0 Å². The van der Waals surface area contributed by atoms with Crippen molar-refractivity contribution >= 4 is 10.9 Å². The highest BCUT2D eigenvalue weighted by Crippen LogP contribution is 2.23. The summed E-state index contributed by atoms with van der Waals surface area (Å²) >= 11 is 0. The minimum atomic E-state index is 0.754. The number of fused-ring (bicyclic) bond motifs is 1. The van der Waals surface area contributed by atoms with Crippen LogP contribution < -0.4 is 5.32 Å². The zero-order valence-electron chi connectivity index (χ0n) is 10.9. The third-order valence-electron chi connectivity index (χ3n) is 3.06. The normalized spacial score (nSPS) is 11.0. The summed E-state index contributed by atoms with van der Waals surface area (Å²) < 4.78 is 5.80. The van der Waals surface area contributed by atoms with E-state index in [0.29, 0.717) is 0 Å². The fourth-order valence-corrected chi connectivity index (χ4v) is 2.06. The lowest BCUT2D eigenvalue weighted by Crippen LogP contribution is -2.10. The Morgan fingerprint density at radius 1 is 1.05 bits per heavy atom. The second-order valence-corrected chi connectivity index (χ2v) is 4.44. The Morgan fingerprint density at radius 2 is 1.95 bits per heavy atom. The molecule has 1 N–H and O–H groups in total. The third kappa shape index (κ3) is 2.51. The molecule has 0 saturated carbocycles. The van der Waals surface area contributed by atoms with Gasteiger partial charge in [-0.2, -0.15) is 0 Å². The molecule has 3 nitrogen and oxygen atoms in total. The Hall–Kier alpha value is -2.13. The van der Waals surface area contributed by atoms with Gasteiger partial charge in [0, 0.05) is 5.39 Å². The first-order valence-electron chi connectivity index (χ1n) is 6.52. The Labute approximate surface area is 112 Å². The fraction of sp³-hybridized carbons (Fsp3) is 0.188. The molecular weight excluding hydrogens is 236 g/mol. The van der Waals surface area contributed by atoms with Crippen LogP contribution in [0.5, 0.6) is 0 Å². The van der Waals surface area contributed by atoms with Crippen molar-refractivity contribution in [1.29, 1.82) is 0 Å². The summed E-state index contributed by atoms with van der Waals surface area (Å²) in [5.74, 6) is 1.76. The third-order valence-corrected chi connectivity index (χ3v) is 3.06. The molecule has 3 heteroatoms. The summed E-state index contributed by atoms with van der Waals surface area (Å²) in [7, 11) is 0. The number of hydrogen-bond donors (Lipinski definition) is 1. The molecule has 2 heterocycles. The number of para-hydroxylation sites is 1. The SMILES string of the molecule is CCNCc1ccc(-c2ccc3ccccc3n2)o1. The van der Waals surface area contributed by atoms with Crippen molar-refractivity contribution in [3.63, 3.8) is 0 Å². The van der Waals surface area contributed by atoms with Gasteiger partial charge in [0.25, 0.3) is 0 Å². The van der Waals surface area contributed by atoms with Crippen LogP contribution in [0.1, 0.15) is 12.7 Å². The lowest BCUT2D eigenvalue weighted by atomic mass is 10.2. The van der Waals surface area contributed by atoms with E-state index < -0.39 is 0 Å². The predicted octanol–water partition coefficient (Wildman–Crippen LogP) is 3.60. The van der Waals surface area contributed by atoms with Gasteiger partial charge in [-0.05, 0) is 30.8 Å². The molecule has 0 bridgehead atoms. The summed E-state index contributed by atoms with van der Waals surface area (Å²) in [6.07, 6.45) is 0. The van der Waals surface area contributed by atoms with Gasteiger partial charge in [-0.15, -0.1) is 0 Å². The van der Waals surface area contributed by atoms with Crippen LogP contribution in [0.3, 0.4) is 0 Å². The second kappa shape index (κ2) is 5.24. The zero-order valence-corrected chi connectivity index (χ0v) is 10.9. The molecule has 19 heavy (non-hydrogen) atoms.